The third-order valence-electron chi connectivity index (χ3n) is 8.14. The molecule has 1 fully saturated rings. The predicted octanol–water partition coefficient (Wildman–Crippen LogP) is 6.50. The van der Waals surface area contributed by atoms with Crippen molar-refractivity contribution in [3.05, 3.63) is 53.6 Å². The minimum atomic E-state index is -0.558. The molecule has 1 saturated carbocycles. The van der Waals surface area contributed by atoms with E-state index < -0.39 is 6.10 Å². The summed E-state index contributed by atoms with van der Waals surface area (Å²) in [6.07, 6.45) is 11.6. The van der Waals surface area contributed by atoms with Gasteiger partial charge in [0.25, 0.3) is 0 Å². The number of benzene rings is 2. The molecule has 216 valence electrons. The smallest absolute Gasteiger partial charge is 0.160 e. The van der Waals surface area contributed by atoms with E-state index in [4.69, 9.17) is 9.47 Å². The number of hydrogen-bond acceptors (Lipinski definition) is 6. The second-order valence-electron chi connectivity index (χ2n) is 11.5. The standard InChI is InChI=1S/C33H49NO5/c1-25(35)24-34-28-12-9-11-26(20-28)10-5-4-6-17-33(18-7-8-19-33)23-30(37)22-29(36)15-13-27-14-16-31(38-2)32(21-27)39-3/h9,11-12,14,16,20-21,25,30,34-35,37H,4-8,10,13,15,17-19,22-24H2,1-3H3. The molecule has 1 aliphatic rings. The van der Waals surface area contributed by atoms with Crippen molar-refractivity contribution >= 4 is 11.5 Å². The monoisotopic (exact) mass is 539 g/mol. The number of Topliss-reactive ketones (excluding diaryl/α,β-unsaturated/α-hetero) is 1. The number of ketones is 1. The van der Waals surface area contributed by atoms with Crippen molar-refractivity contribution in [3.63, 3.8) is 0 Å². The maximum Gasteiger partial charge on any atom is 0.160 e. The number of nitrogens with one attached hydrogen (secondary N) is 1. The lowest BCUT2D eigenvalue weighted by Gasteiger charge is -2.31. The van der Waals surface area contributed by atoms with Gasteiger partial charge < -0.3 is 25.0 Å². The lowest BCUT2D eigenvalue weighted by Crippen LogP contribution is -2.26. The number of anilines is 1. The van der Waals surface area contributed by atoms with Crippen LogP contribution in [0.3, 0.4) is 0 Å². The SMILES string of the molecule is COc1ccc(CCC(=O)CC(O)CC2(CCCCCc3cccc(NCC(C)O)c3)CCCC2)cc1OC. The van der Waals surface area contributed by atoms with Crippen molar-refractivity contribution in [2.45, 2.75) is 103 Å². The maximum absolute atomic E-state index is 12.7. The number of rotatable bonds is 18. The number of methoxy groups -OCH3 is 2. The minimum absolute atomic E-state index is 0.121. The normalized spacial score (nSPS) is 16.0. The molecule has 2 unspecified atom stereocenters. The van der Waals surface area contributed by atoms with Gasteiger partial charge in [-0.25, -0.2) is 0 Å². The highest BCUT2D eigenvalue weighted by atomic mass is 16.5. The minimum Gasteiger partial charge on any atom is -0.493 e. The summed E-state index contributed by atoms with van der Waals surface area (Å²) in [6, 6.07) is 14.2. The van der Waals surface area contributed by atoms with Crippen LogP contribution in [0.25, 0.3) is 0 Å². The zero-order valence-corrected chi connectivity index (χ0v) is 24.2. The zero-order valence-electron chi connectivity index (χ0n) is 24.2. The average Bonchev–Trinajstić information content (AvgIpc) is 3.38. The van der Waals surface area contributed by atoms with Gasteiger partial charge in [0.15, 0.2) is 11.5 Å². The molecule has 2 aromatic rings. The molecule has 3 rings (SSSR count). The van der Waals surface area contributed by atoms with E-state index in [1.165, 1.54) is 44.1 Å². The average molecular weight is 540 g/mol. The van der Waals surface area contributed by atoms with Gasteiger partial charge in [0.05, 0.1) is 26.4 Å². The second kappa shape index (κ2) is 15.9. The Balaban J connectivity index is 1.39. The summed E-state index contributed by atoms with van der Waals surface area (Å²) >= 11 is 0. The van der Waals surface area contributed by atoms with E-state index in [9.17, 15) is 15.0 Å². The van der Waals surface area contributed by atoms with Crippen molar-refractivity contribution in [2.75, 3.05) is 26.1 Å². The highest BCUT2D eigenvalue weighted by Gasteiger charge is 2.35. The molecule has 1 aliphatic carbocycles. The Bertz CT molecular complexity index is 1010. The van der Waals surface area contributed by atoms with Gasteiger partial charge in [0.2, 0.25) is 0 Å². The molecule has 2 aromatic carbocycles. The number of aliphatic hydroxyl groups is 2. The Morgan fingerprint density at radius 1 is 0.949 bits per heavy atom. The van der Waals surface area contributed by atoms with E-state index in [1.807, 2.05) is 24.3 Å². The van der Waals surface area contributed by atoms with Gasteiger partial charge in [-0.05, 0) is 92.7 Å². The molecule has 0 bridgehead atoms. The molecule has 39 heavy (non-hydrogen) atoms. The summed E-state index contributed by atoms with van der Waals surface area (Å²) in [7, 11) is 3.22. The Morgan fingerprint density at radius 2 is 1.69 bits per heavy atom. The van der Waals surface area contributed by atoms with E-state index in [1.54, 1.807) is 21.1 Å². The summed E-state index contributed by atoms with van der Waals surface area (Å²) in [5.41, 5.74) is 3.60. The third-order valence-corrected chi connectivity index (χ3v) is 8.14. The van der Waals surface area contributed by atoms with Gasteiger partial charge in [-0.1, -0.05) is 43.9 Å². The van der Waals surface area contributed by atoms with E-state index >= 15 is 0 Å². The summed E-state index contributed by atoms with van der Waals surface area (Å²) in [4.78, 5) is 12.7. The molecule has 0 amide bonds. The highest BCUT2D eigenvalue weighted by molar-refractivity contribution is 5.79. The quantitative estimate of drug-likeness (QED) is 0.187. The summed E-state index contributed by atoms with van der Waals surface area (Å²) in [5, 5.41) is 23.6. The van der Waals surface area contributed by atoms with Crippen molar-refractivity contribution < 1.29 is 24.5 Å². The van der Waals surface area contributed by atoms with Crippen molar-refractivity contribution in [3.8, 4) is 11.5 Å². The van der Waals surface area contributed by atoms with E-state index in [0.29, 0.717) is 30.9 Å². The molecule has 6 nitrogen and oxygen atoms in total. The number of ether oxygens (including phenoxy) is 2. The summed E-state index contributed by atoms with van der Waals surface area (Å²) in [5.74, 6) is 1.47. The van der Waals surface area contributed by atoms with Crippen LogP contribution in [0, 0.1) is 5.41 Å². The summed E-state index contributed by atoms with van der Waals surface area (Å²) in [6.45, 7) is 2.34. The van der Waals surface area contributed by atoms with E-state index in [2.05, 4.69) is 23.5 Å². The first-order valence-corrected chi connectivity index (χ1v) is 14.7. The third kappa shape index (κ3) is 10.5. The number of carbonyl (C=O) groups is 1. The first-order chi connectivity index (χ1) is 18.8. The Labute approximate surface area is 235 Å². The van der Waals surface area contributed by atoms with Crippen LogP contribution < -0.4 is 14.8 Å². The molecule has 0 aromatic heterocycles. The second-order valence-corrected chi connectivity index (χ2v) is 11.5. The van der Waals surface area contributed by atoms with Gasteiger partial charge in [0, 0.05) is 25.1 Å². The number of unbranched alkanes of at least 4 members (excludes halogenated alkanes) is 2. The van der Waals surface area contributed by atoms with Crippen molar-refractivity contribution in [2.24, 2.45) is 5.41 Å². The molecule has 0 aliphatic heterocycles. The fourth-order valence-corrected chi connectivity index (χ4v) is 6.05. The largest absolute Gasteiger partial charge is 0.493 e. The lowest BCUT2D eigenvalue weighted by atomic mass is 9.75. The summed E-state index contributed by atoms with van der Waals surface area (Å²) < 4.78 is 10.7. The van der Waals surface area contributed by atoms with Gasteiger partial charge in [0.1, 0.15) is 5.78 Å². The lowest BCUT2D eigenvalue weighted by molar-refractivity contribution is -0.121. The fraction of sp³-hybridized carbons (Fsp3) is 0.606. The van der Waals surface area contributed by atoms with Gasteiger partial charge in [-0.15, -0.1) is 0 Å². The molecule has 0 radical (unpaired) electrons. The van der Waals surface area contributed by atoms with Crippen LogP contribution in [0.15, 0.2) is 42.5 Å². The molecule has 3 N–H and O–H groups in total. The topological polar surface area (TPSA) is 88.0 Å². The number of aliphatic hydroxyl groups excluding tert-OH is 2. The van der Waals surface area contributed by atoms with Crippen molar-refractivity contribution in [1.82, 2.24) is 0 Å². The van der Waals surface area contributed by atoms with Crippen LogP contribution in [-0.2, 0) is 17.6 Å². The van der Waals surface area contributed by atoms with Crippen LogP contribution in [0.2, 0.25) is 0 Å². The molecular formula is C33H49NO5. The van der Waals surface area contributed by atoms with Crippen LogP contribution in [0.1, 0.15) is 88.7 Å². The zero-order chi connectivity index (χ0) is 28.1. The van der Waals surface area contributed by atoms with Crippen LogP contribution in [-0.4, -0.2) is 49.0 Å². The fourth-order valence-electron chi connectivity index (χ4n) is 6.05. The number of hydrogen-bond donors (Lipinski definition) is 3. The highest BCUT2D eigenvalue weighted by Crippen LogP contribution is 2.46. The molecule has 0 spiro atoms. The Hall–Kier alpha value is -2.57. The van der Waals surface area contributed by atoms with Gasteiger partial charge in [-0.2, -0.15) is 0 Å². The van der Waals surface area contributed by atoms with Gasteiger partial charge >= 0.3 is 0 Å². The predicted molar refractivity (Wildman–Crippen MR) is 158 cm³/mol. The number of aryl methyl sites for hydroxylation is 2. The van der Waals surface area contributed by atoms with Crippen LogP contribution >= 0.6 is 0 Å². The van der Waals surface area contributed by atoms with Gasteiger partial charge in [-0.3, -0.25) is 4.79 Å². The van der Waals surface area contributed by atoms with E-state index in [-0.39, 0.29) is 23.7 Å². The first kappa shape index (κ1) is 31.0. The molecular weight excluding hydrogens is 490 g/mol. The van der Waals surface area contributed by atoms with Crippen molar-refractivity contribution in [1.29, 1.82) is 0 Å². The van der Waals surface area contributed by atoms with E-state index in [0.717, 1.165) is 36.9 Å². The first-order valence-electron chi connectivity index (χ1n) is 14.7. The molecule has 2 atom stereocenters. The molecule has 6 heteroatoms. The number of carbonyl (C=O) groups excluding carboxylic acids is 1. The van der Waals surface area contributed by atoms with Crippen LogP contribution in [0.5, 0.6) is 11.5 Å². The Morgan fingerprint density at radius 3 is 2.41 bits per heavy atom. The Kier molecular flexibility index (Phi) is 12.6. The maximum atomic E-state index is 12.7. The molecule has 0 saturated heterocycles. The van der Waals surface area contributed by atoms with Crippen LogP contribution in [0.4, 0.5) is 5.69 Å². The molecule has 0 heterocycles.